The summed E-state index contributed by atoms with van der Waals surface area (Å²) in [6.45, 7) is 5.77. The third-order valence-electron chi connectivity index (χ3n) is 3.71. The Morgan fingerprint density at radius 2 is 1.96 bits per heavy atom. The second kappa shape index (κ2) is 7.24. The van der Waals surface area contributed by atoms with E-state index in [2.05, 4.69) is 20.5 Å². The summed E-state index contributed by atoms with van der Waals surface area (Å²) < 4.78 is 40.3. The molecule has 7 nitrogen and oxygen atoms in total. The van der Waals surface area contributed by atoms with Gasteiger partial charge in [-0.1, -0.05) is 13.8 Å². The summed E-state index contributed by atoms with van der Waals surface area (Å²) in [7, 11) is 1.78. The number of carbonyl (C=O) groups excluding carboxylic acids is 1. The highest BCUT2D eigenvalue weighted by atomic mass is 19.4. The lowest BCUT2D eigenvalue weighted by molar-refractivity contribution is -0.142. The summed E-state index contributed by atoms with van der Waals surface area (Å²) in [4.78, 5) is 16.5. The molecule has 1 atom stereocenters. The minimum absolute atomic E-state index is 0.206. The third-order valence-corrected chi connectivity index (χ3v) is 3.71. The molecule has 2 heterocycles. The van der Waals surface area contributed by atoms with Gasteiger partial charge in [0.15, 0.2) is 11.5 Å². The quantitative estimate of drug-likeness (QED) is 0.858. The predicted octanol–water partition coefficient (Wildman–Crippen LogP) is 2.07. The van der Waals surface area contributed by atoms with Crippen LogP contribution in [0.3, 0.4) is 0 Å². The first-order chi connectivity index (χ1) is 11.6. The van der Waals surface area contributed by atoms with Crippen molar-refractivity contribution in [3.8, 4) is 0 Å². The number of hydrogen-bond acceptors (Lipinski definition) is 4. The minimum Gasteiger partial charge on any atom is -0.354 e. The zero-order valence-corrected chi connectivity index (χ0v) is 14.5. The number of rotatable bonds is 6. The summed E-state index contributed by atoms with van der Waals surface area (Å²) in [6.07, 6.45) is -2.91. The molecule has 10 heteroatoms. The van der Waals surface area contributed by atoms with Crippen LogP contribution in [0.1, 0.15) is 50.1 Å². The zero-order valence-electron chi connectivity index (χ0n) is 14.5. The predicted molar refractivity (Wildman–Crippen MR) is 83.7 cm³/mol. The maximum atomic E-state index is 12.6. The van der Waals surface area contributed by atoms with Crippen molar-refractivity contribution in [3.05, 3.63) is 29.6 Å². The van der Waals surface area contributed by atoms with Crippen LogP contribution in [-0.2, 0) is 24.4 Å². The number of carbonyl (C=O) groups is 1. The number of hydrogen-bond donors (Lipinski definition) is 1. The number of nitrogens with zero attached hydrogens (tertiary/aromatic N) is 5. The Labute approximate surface area is 143 Å². The fourth-order valence-corrected chi connectivity index (χ4v) is 2.17. The second-order valence-corrected chi connectivity index (χ2v) is 6.06. The number of nitrogens with one attached hydrogen (secondary N) is 1. The molecule has 0 bridgehead atoms. The van der Waals surface area contributed by atoms with Gasteiger partial charge in [-0.3, -0.25) is 14.2 Å². The fourth-order valence-electron chi connectivity index (χ4n) is 2.17. The van der Waals surface area contributed by atoms with Gasteiger partial charge < -0.3 is 5.32 Å². The van der Waals surface area contributed by atoms with Crippen molar-refractivity contribution < 1.29 is 18.0 Å². The highest BCUT2D eigenvalue weighted by Gasteiger charge is 2.34. The summed E-state index contributed by atoms with van der Waals surface area (Å²) in [5.74, 6) is 1.25. The molecule has 0 fully saturated rings. The SMILES string of the molecule is CC(C)c1nc(CCNC(=O)C(C)n2ccc(C(F)(F)F)n2)n(C)n1. The average molecular weight is 358 g/mol. The van der Waals surface area contributed by atoms with E-state index < -0.39 is 23.8 Å². The first-order valence-corrected chi connectivity index (χ1v) is 7.89. The van der Waals surface area contributed by atoms with E-state index in [0.717, 1.165) is 28.6 Å². The highest BCUT2D eigenvalue weighted by molar-refractivity contribution is 5.79. The third kappa shape index (κ3) is 4.58. The molecule has 0 saturated heterocycles. The van der Waals surface area contributed by atoms with Crippen LogP contribution >= 0.6 is 0 Å². The Kier molecular flexibility index (Phi) is 5.48. The molecule has 138 valence electrons. The molecule has 25 heavy (non-hydrogen) atoms. The Morgan fingerprint density at radius 3 is 2.48 bits per heavy atom. The number of aryl methyl sites for hydroxylation is 1. The standard InChI is InChI=1S/C15H21F3N6O/c1-9(2)13-20-12(23(4)22-13)5-7-19-14(25)10(3)24-8-6-11(21-24)15(16,17)18/h6,8-10H,5,7H2,1-4H3,(H,19,25). The van der Waals surface area contributed by atoms with Crippen molar-refractivity contribution in [2.45, 2.75) is 45.3 Å². The van der Waals surface area contributed by atoms with E-state index in [0.29, 0.717) is 13.0 Å². The van der Waals surface area contributed by atoms with Crippen LogP contribution in [0.15, 0.2) is 12.3 Å². The molecule has 0 aliphatic heterocycles. The fraction of sp³-hybridized carbons (Fsp3) is 0.600. The van der Waals surface area contributed by atoms with Crippen LogP contribution < -0.4 is 5.32 Å². The van der Waals surface area contributed by atoms with Crippen molar-refractivity contribution in [3.63, 3.8) is 0 Å². The van der Waals surface area contributed by atoms with Gasteiger partial charge >= 0.3 is 6.18 Å². The van der Waals surface area contributed by atoms with E-state index in [1.54, 1.807) is 11.7 Å². The molecule has 0 spiro atoms. The van der Waals surface area contributed by atoms with E-state index in [9.17, 15) is 18.0 Å². The van der Waals surface area contributed by atoms with Gasteiger partial charge in [-0.05, 0) is 13.0 Å². The summed E-state index contributed by atoms with van der Waals surface area (Å²) >= 11 is 0. The largest absolute Gasteiger partial charge is 0.435 e. The molecule has 1 unspecified atom stereocenters. The van der Waals surface area contributed by atoms with Crippen LogP contribution in [0, 0.1) is 0 Å². The van der Waals surface area contributed by atoms with E-state index >= 15 is 0 Å². The average Bonchev–Trinajstić information content (AvgIpc) is 3.13. The van der Waals surface area contributed by atoms with Crippen LogP contribution in [0.5, 0.6) is 0 Å². The molecule has 1 N–H and O–H groups in total. The van der Waals surface area contributed by atoms with E-state index in [4.69, 9.17) is 0 Å². The van der Waals surface area contributed by atoms with E-state index in [1.807, 2.05) is 13.8 Å². The van der Waals surface area contributed by atoms with Gasteiger partial charge in [0.2, 0.25) is 5.91 Å². The van der Waals surface area contributed by atoms with Gasteiger partial charge in [0.05, 0.1) is 0 Å². The Bertz CT molecular complexity index is 734. The second-order valence-electron chi connectivity index (χ2n) is 6.06. The Balaban J connectivity index is 1.90. The van der Waals surface area contributed by atoms with Crippen LogP contribution in [-0.4, -0.2) is 37.0 Å². The molecule has 0 saturated carbocycles. The smallest absolute Gasteiger partial charge is 0.354 e. The van der Waals surface area contributed by atoms with E-state index in [-0.39, 0.29) is 5.92 Å². The molecule has 0 aliphatic carbocycles. The van der Waals surface area contributed by atoms with Crippen molar-refractivity contribution in [1.82, 2.24) is 29.9 Å². The van der Waals surface area contributed by atoms with Crippen molar-refractivity contribution in [2.24, 2.45) is 7.05 Å². The molecule has 2 rings (SSSR count). The van der Waals surface area contributed by atoms with E-state index in [1.165, 1.54) is 6.92 Å². The van der Waals surface area contributed by atoms with Crippen LogP contribution in [0.25, 0.3) is 0 Å². The molecule has 1 amide bonds. The lowest BCUT2D eigenvalue weighted by Crippen LogP contribution is -2.33. The maximum Gasteiger partial charge on any atom is 0.435 e. The summed E-state index contributed by atoms with van der Waals surface area (Å²) in [5.41, 5.74) is -1.02. The lowest BCUT2D eigenvalue weighted by Gasteiger charge is -2.12. The van der Waals surface area contributed by atoms with Gasteiger partial charge in [0.1, 0.15) is 11.9 Å². The van der Waals surface area contributed by atoms with Gasteiger partial charge in [-0.2, -0.15) is 23.4 Å². The van der Waals surface area contributed by atoms with Crippen molar-refractivity contribution in [2.75, 3.05) is 6.54 Å². The van der Waals surface area contributed by atoms with Gasteiger partial charge in [0.25, 0.3) is 0 Å². The summed E-state index contributed by atoms with van der Waals surface area (Å²) in [5, 5.41) is 10.4. The first-order valence-electron chi connectivity index (χ1n) is 7.89. The minimum atomic E-state index is -4.53. The Hall–Kier alpha value is -2.39. The molecular weight excluding hydrogens is 337 g/mol. The summed E-state index contributed by atoms with van der Waals surface area (Å²) in [6, 6.07) is -0.00151. The monoisotopic (exact) mass is 358 g/mol. The van der Waals surface area contributed by atoms with Crippen LogP contribution in [0.2, 0.25) is 0 Å². The highest BCUT2D eigenvalue weighted by Crippen LogP contribution is 2.27. The molecule has 0 radical (unpaired) electrons. The lowest BCUT2D eigenvalue weighted by atomic mass is 10.2. The van der Waals surface area contributed by atoms with Gasteiger partial charge in [-0.25, -0.2) is 4.98 Å². The molecule has 0 aliphatic rings. The molecular formula is C15H21F3N6O. The Morgan fingerprint density at radius 1 is 1.28 bits per heavy atom. The van der Waals surface area contributed by atoms with Crippen LogP contribution in [0.4, 0.5) is 13.2 Å². The molecule has 2 aromatic rings. The normalized spacial score (nSPS) is 13.3. The van der Waals surface area contributed by atoms with Crippen molar-refractivity contribution >= 4 is 5.91 Å². The number of aromatic nitrogens is 5. The molecule has 2 aromatic heterocycles. The number of amides is 1. The van der Waals surface area contributed by atoms with Crippen molar-refractivity contribution in [1.29, 1.82) is 0 Å². The first kappa shape index (κ1) is 18.9. The van der Waals surface area contributed by atoms with Gasteiger partial charge in [0, 0.05) is 32.1 Å². The van der Waals surface area contributed by atoms with Gasteiger partial charge in [-0.15, -0.1) is 0 Å². The molecule has 0 aromatic carbocycles. The maximum absolute atomic E-state index is 12.6. The topological polar surface area (TPSA) is 77.6 Å². The zero-order chi connectivity index (χ0) is 18.8. The number of alkyl halides is 3. The number of halogens is 3.